The summed E-state index contributed by atoms with van der Waals surface area (Å²) in [5, 5.41) is 8.57. The van der Waals surface area contributed by atoms with Crippen LogP contribution in [0.1, 0.15) is 64.2 Å². The predicted molar refractivity (Wildman–Crippen MR) is 73.0 cm³/mol. The normalized spacial score (nSPS) is 22.3. The summed E-state index contributed by atoms with van der Waals surface area (Å²) in [5.41, 5.74) is -0.0655. The Kier molecular flexibility index (Phi) is 4.78. The Labute approximate surface area is 119 Å². The summed E-state index contributed by atoms with van der Waals surface area (Å²) in [6.07, 6.45) is 7.64. The van der Waals surface area contributed by atoms with Gasteiger partial charge in [0.25, 0.3) is 0 Å². The molecule has 1 spiro atoms. The largest absolute Gasteiger partial charge is 0.481 e. The van der Waals surface area contributed by atoms with E-state index < -0.39 is 5.97 Å². The third kappa shape index (κ3) is 3.58. The molecule has 5 nitrogen and oxygen atoms in total. The molecule has 0 atom stereocenters. The van der Waals surface area contributed by atoms with E-state index in [4.69, 9.17) is 5.11 Å². The second kappa shape index (κ2) is 6.37. The van der Waals surface area contributed by atoms with Crippen molar-refractivity contribution >= 4 is 17.8 Å². The van der Waals surface area contributed by atoms with Crippen LogP contribution >= 0.6 is 0 Å². The van der Waals surface area contributed by atoms with Crippen LogP contribution in [0.3, 0.4) is 0 Å². The summed E-state index contributed by atoms with van der Waals surface area (Å²) >= 11 is 0. The molecule has 2 rings (SSSR count). The molecule has 5 heteroatoms. The van der Waals surface area contributed by atoms with Crippen molar-refractivity contribution in [3.05, 3.63) is 0 Å². The van der Waals surface area contributed by atoms with E-state index in [-0.39, 0.29) is 23.7 Å². The predicted octanol–water partition coefficient (Wildman–Crippen LogP) is 2.34. The Morgan fingerprint density at radius 2 is 1.65 bits per heavy atom. The number of imide groups is 1. The fourth-order valence-corrected chi connectivity index (χ4v) is 3.48. The highest BCUT2D eigenvalue weighted by atomic mass is 16.4. The van der Waals surface area contributed by atoms with Gasteiger partial charge in [0.1, 0.15) is 0 Å². The van der Waals surface area contributed by atoms with E-state index in [1.807, 2.05) is 0 Å². The van der Waals surface area contributed by atoms with Crippen molar-refractivity contribution < 1.29 is 19.5 Å². The topological polar surface area (TPSA) is 74.7 Å². The third-order valence-corrected chi connectivity index (χ3v) is 4.59. The number of likely N-dealkylation sites (tertiary alicyclic amines) is 1. The fraction of sp³-hybridized carbons (Fsp3) is 0.800. The molecule has 1 N–H and O–H groups in total. The lowest BCUT2D eigenvalue weighted by Crippen LogP contribution is -2.48. The summed E-state index contributed by atoms with van der Waals surface area (Å²) in [7, 11) is 0. The van der Waals surface area contributed by atoms with Crippen molar-refractivity contribution in [1.82, 2.24) is 4.90 Å². The fourth-order valence-electron chi connectivity index (χ4n) is 3.48. The molecule has 0 radical (unpaired) electrons. The molecule has 1 aliphatic heterocycles. The van der Waals surface area contributed by atoms with E-state index in [0.29, 0.717) is 32.2 Å². The Bertz CT molecular complexity index is 379. The van der Waals surface area contributed by atoms with Crippen LogP contribution < -0.4 is 0 Å². The van der Waals surface area contributed by atoms with Gasteiger partial charge in [-0.1, -0.05) is 19.3 Å². The van der Waals surface area contributed by atoms with E-state index in [1.165, 1.54) is 11.3 Å². The smallest absolute Gasteiger partial charge is 0.303 e. The van der Waals surface area contributed by atoms with Gasteiger partial charge in [-0.05, 0) is 31.1 Å². The molecule has 1 saturated carbocycles. The average molecular weight is 281 g/mol. The number of nitrogens with zero attached hydrogens (tertiary/aromatic N) is 1. The Hall–Kier alpha value is -1.39. The number of rotatable bonds is 5. The number of piperidine rings is 1. The first kappa shape index (κ1) is 15.0. The number of carboxylic acid groups (broad SMARTS) is 1. The van der Waals surface area contributed by atoms with Crippen LogP contribution in [-0.2, 0) is 14.4 Å². The molecule has 0 unspecified atom stereocenters. The number of carbonyl (C=O) groups is 3. The molecular weight excluding hydrogens is 258 g/mol. The zero-order chi connectivity index (χ0) is 14.6. The molecule has 0 aromatic carbocycles. The van der Waals surface area contributed by atoms with E-state index >= 15 is 0 Å². The molecule has 2 amide bonds. The number of aliphatic carboxylic acids is 1. The van der Waals surface area contributed by atoms with Gasteiger partial charge in [0.05, 0.1) is 0 Å². The van der Waals surface area contributed by atoms with Gasteiger partial charge in [-0.15, -0.1) is 0 Å². The number of carbonyl (C=O) groups excluding carboxylic acids is 2. The average Bonchev–Trinajstić information content (AvgIpc) is 2.37. The zero-order valence-corrected chi connectivity index (χ0v) is 11.9. The molecule has 2 aliphatic rings. The highest BCUT2D eigenvalue weighted by Gasteiger charge is 2.43. The molecule has 0 aromatic heterocycles. The second-order valence-electron chi connectivity index (χ2n) is 6.20. The maximum absolute atomic E-state index is 12.2. The number of amides is 2. The van der Waals surface area contributed by atoms with E-state index in [2.05, 4.69) is 0 Å². The Balaban J connectivity index is 1.85. The van der Waals surface area contributed by atoms with Gasteiger partial charge in [0, 0.05) is 25.8 Å². The van der Waals surface area contributed by atoms with Gasteiger partial charge in [0.15, 0.2) is 0 Å². The van der Waals surface area contributed by atoms with Crippen molar-refractivity contribution in [1.29, 1.82) is 0 Å². The summed E-state index contributed by atoms with van der Waals surface area (Å²) in [6, 6.07) is 0. The Morgan fingerprint density at radius 3 is 2.20 bits per heavy atom. The van der Waals surface area contributed by atoms with Crippen LogP contribution in [0.15, 0.2) is 0 Å². The number of hydrogen-bond acceptors (Lipinski definition) is 3. The second-order valence-corrected chi connectivity index (χ2v) is 6.20. The highest BCUT2D eigenvalue weighted by Crippen LogP contribution is 2.45. The maximum Gasteiger partial charge on any atom is 0.303 e. The highest BCUT2D eigenvalue weighted by molar-refractivity contribution is 5.98. The first-order valence-corrected chi connectivity index (χ1v) is 7.57. The lowest BCUT2D eigenvalue weighted by Gasteiger charge is -2.42. The Morgan fingerprint density at radius 1 is 1.05 bits per heavy atom. The zero-order valence-electron chi connectivity index (χ0n) is 11.9. The molecule has 20 heavy (non-hydrogen) atoms. The summed E-state index contributed by atoms with van der Waals surface area (Å²) in [4.78, 5) is 36.2. The van der Waals surface area contributed by atoms with Crippen LogP contribution in [0.2, 0.25) is 0 Å². The maximum atomic E-state index is 12.2. The third-order valence-electron chi connectivity index (χ3n) is 4.59. The standard InChI is InChI=1S/C15H23NO4/c17-12-10-15(7-3-1-4-8-15)11-13(18)16(12)9-5-2-6-14(19)20/h1-11H2,(H,19,20). The van der Waals surface area contributed by atoms with Gasteiger partial charge in [-0.2, -0.15) is 0 Å². The molecule has 1 heterocycles. The molecule has 1 saturated heterocycles. The van der Waals surface area contributed by atoms with Gasteiger partial charge >= 0.3 is 5.97 Å². The first-order chi connectivity index (χ1) is 9.52. The summed E-state index contributed by atoms with van der Waals surface area (Å²) < 4.78 is 0. The van der Waals surface area contributed by atoms with Crippen molar-refractivity contribution in [2.45, 2.75) is 64.2 Å². The number of unbranched alkanes of at least 4 members (excludes halogenated alkanes) is 1. The minimum Gasteiger partial charge on any atom is -0.481 e. The molecule has 1 aliphatic carbocycles. The van der Waals surface area contributed by atoms with Crippen LogP contribution in [-0.4, -0.2) is 34.3 Å². The van der Waals surface area contributed by atoms with Gasteiger partial charge in [0.2, 0.25) is 11.8 Å². The van der Waals surface area contributed by atoms with Crippen molar-refractivity contribution in [2.24, 2.45) is 5.41 Å². The summed E-state index contributed by atoms with van der Waals surface area (Å²) in [6.45, 7) is 0.376. The van der Waals surface area contributed by atoms with Crippen LogP contribution in [0.25, 0.3) is 0 Å². The quantitative estimate of drug-likeness (QED) is 0.620. The molecule has 2 fully saturated rings. The SMILES string of the molecule is O=C(O)CCCCN1C(=O)CC2(CCCCC2)CC1=O. The molecule has 0 aromatic rings. The van der Waals surface area contributed by atoms with Gasteiger partial charge in [-0.3, -0.25) is 19.3 Å². The van der Waals surface area contributed by atoms with Crippen LogP contribution in [0.5, 0.6) is 0 Å². The molecular formula is C15H23NO4. The lowest BCUT2D eigenvalue weighted by molar-refractivity contribution is -0.154. The summed E-state index contributed by atoms with van der Waals surface area (Å²) in [5.74, 6) is -0.945. The van der Waals surface area contributed by atoms with Crippen molar-refractivity contribution in [3.8, 4) is 0 Å². The van der Waals surface area contributed by atoms with Crippen LogP contribution in [0.4, 0.5) is 0 Å². The van der Waals surface area contributed by atoms with Crippen LogP contribution in [0, 0.1) is 5.41 Å². The van der Waals surface area contributed by atoms with Crippen molar-refractivity contribution in [3.63, 3.8) is 0 Å². The van der Waals surface area contributed by atoms with Gasteiger partial charge < -0.3 is 5.11 Å². The lowest BCUT2D eigenvalue weighted by atomic mass is 9.67. The van der Waals surface area contributed by atoms with E-state index in [0.717, 1.165) is 25.7 Å². The van der Waals surface area contributed by atoms with Crippen molar-refractivity contribution in [2.75, 3.05) is 6.54 Å². The molecule has 112 valence electrons. The number of hydrogen-bond donors (Lipinski definition) is 1. The monoisotopic (exact) mass is 281 g/mol. The molecule has 0 bridgehead atoms. The minimum absolute atomic E-state index is 0.0570. The van der Waals surface area contributed by atoms with E-state index in [1.54, 1.807) is 0 Å². The minimum atomic E-state index is -0.831. The number of carboxylic acids is 1. The first-order valence-electron chi connectivity index (χ1n) is 7.57. The van der Waals surface area contributed by atoms with Gasteiger partial charge in [-0.25, -0.2) is 0 Å². The van der Waals surface area contributed by atoms with E-state index in [9.17, 15) is 14.4 Å².